The number of nitrogens with one attached hydrogen (secondary N) is 2. The topological polar surface area (TPSA) is 129 Å². The van der Waals surface area contributed by atoms with E-state index < -0.39 is 15.9 Å². The van der Waals surface area contributed by atoms with Crippen molar-refractivity contribution in [3.63, 3.8) is 0 Å². The van der Waals surface area contributed by atoms with E-state index in [1.807, 2.05) is 0 Å². The van der Waals surface area contributed by atoms with Gasteiger partial charge in [0.05, 0.1) is 26.2 Å². The van der Waals surface area contributed by atoms with E-state index in [9.17, 15) is 13.2 Å². The maximum absolute atomic E-state index is 12.5. The van der Waals surface area contributed by atoms with E-state index in [2.05, 4.69) is 10.6 Å². The van der Waals surface area contributed by atoms with E-state index in [0.29, 0.717) is 22.9 Å². The van der Waals surface area contributed by atoms with Gasteiger partial charge in [-0.25, -0.2) is 13.6 Å². The maximum Gasteiger partial charge on any atom is 0.257 e. The summed E-state index contributed by atoms with van der Waals surface area (Å²) in [5.74, 6) is 0.504. The van der Waals surface area contributed by atoms with Crippen LogP contribution in [0, 0.1) is 0 Å². The number of carbonyl (C=O) groups excluding carboxylic acids is 1. The monoisotopic (exact) mass is 425 g/mol. The second-order valence-electron chi connectivity index (χ2n) is 5.39. The summed E-state index contributed by atoms with van der Waals surface area (Å²) in [6.45, 7) is 0. The van der Waals surface area contributed by atoms with Crippen LogP contribution in [0.15, 0.2) is 41.3 Å². The second-order valence-corrected chi connectivity index (χ2v) is 7.36. The molecule has 1 amide bonds. The fourth-order valence-electron chi connectivity index (χ4n) is 2.28. The van der Waals surface area contributed by atoms with E-state index in [1.165, 1.54) is 57.7 Å². The normalized spacial score (nSPS) is 10.7. The number of methoxy groups -OCH3 is 3. The molecule has 0 atom stereocenters. The molecule has 0 fully saturated rings. The van der Waals surface area contributed by atoms with Crippen LogP contribution in [0.5, 0.6) is 17.2 Å². The van der Waals surface area contributed by atoms with Gasteiger partial charge >= 0.3 is 0 Å². The Kier molecular flexibility index (Phi) is 6.78. The van der Waals surface area contributed by atoms with Gasteiger partial charge in [0.1, 0.15) is 0 Å². The van der Waals surface area contributed by atoms with Gasteiger partial charge in [0.2, 0.25) is 15.8 Å². The van der Waals surface area contributed by atoms with Crippen LogP contribution in [-0.2, 0) is 10.0 Å². The lowest BCUT2D eigenvalue weighted by molar-refractivity contribution is 0.0977. The van der Waals surface area contributed by atoms with Crippen molar-refractivity contribution in [3.05, 3.63) is 42.0 Å². The molecule has 2 aromatic rings. The van der Waals surface area contributed by atoms with Crippen LogP contribution in [0.4, 0.5) is 5.69 Å². The van der Waals surface area contributed by atoms with E-state index in [1.54, 1.807) is 0 Å². The van der Waals surface area contributed by atoms with Crippen molar-refractivity contribution in [1.29, 1.82) is 0 Å². The minimum atomic E-state index is -3.79. The number of nitrogens with two attached hydrogens (primary N) is 1. The highest BCUT2D eigenvalue weighted by Gasteiger charge is 2.17. The highest BCUT2D eigenvalue weighted by atomic mass is 32.2. The van der Waals surface area contributed by atoms with Crippen molar-refractivity contribution in [1.82, 2.24) is 5.32 Å². The molecule has 0 bridgehead atoms. The second kappa shape index (κ2) is 8.87. The van der Waals surface area contributed by atoms with Gasteiger partial charge in [-0.2, -0.15) is 0 Å². The van der Waals surface area contributed by atoms with Crippen LogP contribution in [0.3, 0.4) is 0 Å². The van der Waals surface area contributed by atoms with Crippen molar-refractivity contribution < 1.29 is 27.4 Å². The van der Waals surface area contributed by atoms with Crippen molar-refractivity contribution in [2.24, 2.45) is 5.14 Å². The number of rotatable bonds is 6. The number of primary sulfonamides is 1. The first kappa shape index (κ1) is 21.4. The lowest BCUT2D eigenvalue weighted by Crippen LogP contribution is -2.34. The Bertz CT molecular complexity index is 965. The molecule has 0 saturated carbocycles. The average Bonchev–Trinajstić information content (AvgIpc) is 2.66. The maximum atomic E-state index is 12.5. The SMILES string of the molecule is COc1cc(C(=O)NC(=S)Nc2ccc(S(N)(=O)=O)cc2)cc(OC)c1OC. The molecular weight excluding hydrogens is 406 g/mol. The lowest BCUT2D eigenvalue weighted by atomic mass is 10.1. The minimum Gasteiger partial charge on any atom is -0.493 e. The zero-order valence-electron chi connectivity index (χ0n) is 15.3. The van der Waals surface area contributed by atoms with Gasteiger partial charge < -0.3 is 19.5 Å². The summed E-state index contributed by atoms with van der Waals surface area (Å²) >= 11 is 5.12. The van der Waals surface area contributed by atoms with E-state index in [0.717, 1.165) is 0 Å². The first-order valence-electron chi connectivity index (χ1n) is 7.74. The number of thiocarbonyl (C=S) groups is 1. The predicted molar refractivity (Wildman–Crippen MR) is 108 cm³/mol. The van der Waals surface area contributed by atoms with Crippen LogP contribution in [-0.4, -0.2) is 40.8 Å². The quantitative estimate of drug-likeness (QED) is 0.594. The molecule has 28 heavy (non-hydrogen) atoms. The molecule has 9 nitrogen and oxygen atoms in total. The lowest BCUT2D eigenvalue weighted by Gasteiger charge is -2.14. The Morgan fingerprint density at radius 3 is 1.96 bits per heavy atom. The van der Waals surface area contributed by atoms with Gasteiger partial charge in [-0.05, 0) is 48.6 Å². The molecule has 0 aliphatic heterocycles. The van der Waals surface area contributed by atoms with Crippen molar-refractivity contribution >= 4 is 38.9 Å². The molecule has 2 aromatic carbocycles. The van der Waals surface area contributed by atoms with Crippen molar-refractivity contribution in [2.75, 3.05) is 26.6 Å². The zero-order valence-corrected chi connectivity index (χ0v) is 16.9. The molecule has 0 aliphatic carbocycles. The number of benzene rings is 2. The third-order valence-corrected chi connectivity index (χ3v) is 4.73. The van der Waals surface area contributed by atoms with Gasteiger partial charge in [-0.3, -0.25) is 10.1 Å². The molecule has 0 spiro atoms. The molecule has 2 rings (SSSR count). The molecule has 0 heterocycles. The Labute approximate surface area is 167 Å². The van der Waals surface area contributed by atoms with Crippen LogP contribution < -0.4 is 30.0 Å². The van der Waals surface area contributed by atoms with Gasteiger partial charge in [0.15, 0.2) is 16.6 Å². The molecule has 0 aliphatic rings. The molecule has 150 valence electrons. The first-order chi connectivity index (χ1) is 13.2. The Hall–Kier alpha value is -2.89. The fourth-order valence-corrected chi connectivity index (χ4v) is 3.00. The molecule has 0 unspecified atom stereocenters. The Morgan fingerprint density at radius 2 is 1.54 bits per heavy atom. The van der Waals surface area contributed by atoms with Crippen molar-refractivity contribution in [3.8, 4) is 17.2 Å². The van der Waals surface area contributed by atoms with E-state index in [4.69, 9.17) is 31.6 Å². The Balaban J connectivity index is 2.13. The number of hydrogen-bond acceptors (Lipinski definition) is 7. The largest absolute Gasteiger partial charge is 0.493 e. The molecular formula is C17H19N3O6S2. The number of carbonyl (C=O) groups is 1. The molecule has 0 aromatic heterocycles. The highest BCUT2D eigenvalue weighted by Crippen LogP contribution is 2.38. The van der Waals surface area contributed by atoms with Crippen LogP contribution in [0.2, 0.25) is 0 Å². The first-order valence-corrected chi connectivity index (χ1v) is 9.70. The summed E-state index contributed by atoms with van der Waals surface area (Å²) in [6.07, 6.45) is 0. The molecule has 11 heteroatoms. The molecule has 4 N–H and O–H groups in total. The van der Waals surface area contributed by atoms with Crippen LogP contribution in [0.1, 0.15) is 10.4 Å². The van der Waals surface area contributed by atoms with Crippen LogP contribution >= 0.6 is 12.2 Å². The third kappa shape index (κ3) is 5.09. The fraction of sp³-hybridized carbons (Fsp3) is 0.176. The number of hydrogen-bond donors (Lipinski definition) is 3. The van der Waals surface area contributed by atoms with E-state index >= 15 is 0 Å². The van der Waals surface area contributed by atoms with Gasteiger partial charge in [0, 0.05) is 11.3 Å². The summed E-state index contributed by atoms with van der Waals surface area (Å²) in [7, 11) is 0.554. The predicted octanol–water partition coefficient (Wildman–Crippen LogP) is 1.49. The summed E-state index contributed by atoms with van der Waals surface area (Å²) in [5, 5.41) is 10.4. The van der Waals surface area contributed by atoms with Gasteiger partial charge in [0.25, 0.3) is 5.91 Å². The Morgan fingerprint density at radius 1 is 1.00 bits per heavy atom. The van der Waals surface area contributed by atoms with Gasteiger partial charge in [-0.15, -0.1) is 0 Å². The molecule has 0 radical (unpaired) electrons. The highest BCUT2D eigenvalue weighted by molar-refractivity contribution is 7.89. The van der Waals surface area contributed by atoms with Crippen molar-refractivity contribution in [2.45, 2.75) is 4.90 Å². The van der Waals surface area contributed by atoms with E-state index in [-0.39, 0.29) is 15.6 Å². The summed E-state index contributed by atoms with van der Waals surface area (Å²) in [4.78, 5) is 12.4. The standard InChI is InChI=1S/C17H19N3O6S2/c1-24-13-8-10(9-14(25-2)15(13)26-3)16(21)20-17(27)19-11-4-6-12(7-5-11)28(18,22)23/h4-9H,1-3H3,(H2,18,22,23)(H2,19,20,21,27). The number of sulfonamides is 1. The molecule has 0 saturated heterocycles. The van der Waals surface area contributed by atoms with Gasteiger partial charge in [-0.1, -0.05) is 0 Å². The smallest absolute Gasteiger partial charge is 0.257 e. The van der Waals surface area contributed by atoms with Crippen LogP contribution in [0.25, 0.3) is 0 Å². The number of anilines is 1. The summed E-state index contributed by atoms with van der Waals surface area (Å²) < 4.78 is 38.2. The summed E-state index contributed by atoms with van der Waals surface area (Å²) in [6, 6.07) is 8.55. The third-order valence-electron chi connectivity index (χ3n) is 3.59. The minimum absolute atomic E-state index is 0.0158. The average molecular weight is 425 g/mol. The zero-order chi connectivity index (χ0) is 20.9. The summed E-state index contributed by atoms with van der Waals surface area (Å²) in [5.41, 5.74) is 0.714. The number of amides is 1. The number of ether oxygens (including phenoxy) is 3.